The van der Waals surface area contributed by atoms with Gasteiger partial charge >= 0.3 is 0 Å². The molecule has 0 unspecified atom stereocenters. The summed E-state index contributed by atoms with van der Waals surface area (Å²) in [5, 5.41) is 16.1. The predicted octanol–water partition coefficient (Wildman–Crippen LogP) is 5.19. The molecule has 0 spiro atoms. The number of thioether (sulfide) groups is 1. The Balaban J connectivity index is 1.65. The fraction of sp³-hybridized carbons (Fsp3) is 0.182. The van der Waals surface area contributed by atoms with Crippen molar-refractivity contribution in [1.82, 2.24) is 5.01 Å². The molecule has 2 aliphatic rings. The van der Waals surface area contributed by atoms with Crippen LogP contribution in [0.15, 0.2) is 64.2 Å². The summed E-state index contributed by atoms with van der Waals surface area (Å²) in [7, 11) is 0. The highest BCUT2D eigenvalue weighted by molar-refractivity contribution is 8.27. The molecule has 0 aromatic heterocycles. The quantitative estimate of drug-likeness (QED) is 0.651. The van der Waals surface area contributed by atoms with E-state index in [1.165, 1.54) is 16.8 Å². The predicted molar refractivity (Wildman–Crippen MR) is 122 cm³/mol. The number of aliphatic imine (C=N–C) groups is 1. The highest BCUT2D eigenvalue weighted by Crippen LogP contribution is 2.32. The molecule has 8 heteroatoms. The summed E-state index contributed by atoms with van der Waals surface area (Å²) >= 11 is 7.50. The first-order valence-corrected chi connectivity index (χ1v) is 10.6. The minimum absolute atomic E-state index is 0.0119. The van der Waals surface area contributed by atoms with E-state index >= 15 is 0 Å². The van der Waals surface area contributed by atoms with Gasteiger partial charge < -0.3 is 4.74 Å². The molecule has 0 saturated heterocycles. The number of carbonyl (C=O) groups is 1. The molecular weight excluding hydrogens is 420 g/mol. The molecule has 0 atom stereocenters. The zero-order chi connectivity index (χ0) is 21.3. The lowest BCUT2D eigenvalue weighted by molar-refractivity contribution is -0.114. The topological polar surface area (TPSA) is 78.1 Å². The molecule has 2 heterocycles. The van der Waals surface area contributed by atoms with Crippen molar-refractivity contribution < 1.29 is 9.53 Å². The number of ether oxygens (including phenoxy) is 1. The van der Waals surface area contributed by atoms with E-state index in [2.05, 4.69) is 10.1 Å². The fourth-order valence-corrected chi connectivity index (χ4v) is 3.97. The molecule has 6 nitrogen and oxygen atoms in total. The van der Waals surface area contributed by atoms with E-state index in [1.54, 1.807) is 24.3 Å². The van der Waals surface area contributed by atoms with Crippen molar-refractivity contribution in [2.45, 2.75) is 20.5 Å². The minimum atomic E-state index is -0.479. The van der Waals surface area contributed by atoms with Crippen LogP contribution in [0.25, 0.3) is 6.08 Å². The molecule has 0 bridgehead atoms. The van der Waals surface area contributed by atoms with Gasteiger partial charge in [-0.1, -0.05) is 55.8 Å². The van der Waals surface area contributed by atoms with Gasteiger partial charge in [-0.25, -0.2) is 0 Å². The van der Waals surface area contributed by atoms with Crippen molar-refractivity contribution in [3.63, 3.8) is 0 Å². The highest BCUT2D eigenvalue weighted by atomic mass is 35.5. The molecule has 0 radical (unpaired) electrons. The van der Waals surface area contributed by atoms with Crippen LogP contribution in [0.4, 0.5) is 0 Å². The second kappa shape index (κ2) is 8.45. The van der Waals surface area contributed by atoms with Gasteiger partial charge in [0.15, 0.2) is 5.84 Å². The van der Waals surface area contributed by atoms with Crippen molar-refractivity contribution >= 4 is 51.4 Å². The first kappa shape index (κ1) is 20.4. The average Bonchev–Trinajstić information content (AvgIpc) is 3.16. The standard InChI is InChI=1S/C22H19ClN4O2S/c1-13(2)21-26-27-19(24)17(20(28)25-22(27)30-21)11-15-10-16(23)8-9-18(15)29-12-14-6-4-3-5-7-14/h3-11,13,24H,12H2,1-2H3/b17-11-,24-19?. The van der Waals surface area contributed by atoms with Crippen molar-refractivity contribution in [2.75, 3.05) is 0 Å². The van der Waals surface area contributed by atoms with Crippen LogP contribution < -0.4 is 4.74 Å². The van der Waals surface area contributed by atoms with Crippen molar-refractivity contribution in [2.24, 2.45) is 16.0 Å². The van der Waals surface area contributed by atoms with Gasteiger partial charge in [0.25, 0.3) is 5.91 Å². The van der Waals surface area contributed by atoms with E-state index in [0.717, 1.165) is 10.6 Å². The Kier molecular flexibility index (Phi) is 5.74. The lowest BCUT2D eigenvalue weighted by Gasteiger charge is -2.20. The number of carbonyl (C=O) groups excluding carboxylic acids is 1. The molecule has 152 valence electrons. The normalized spacial score (nSPS) is 17.3. The maximum Gasteiger partial charge on any atom is 0.283 e. The maximum atomic E-state index is 12.6. The molecular formula is C22H19ClN4O2S. The van der Waals surface area contributed by atoms with Crippen LogP contribution in [-0.4, -0.2) is 27.0 Å². The Hall–Kier alpha value is -2.90. The Labute approximate surface area is 183 Å². The van der Waals surface area contributed by atoms with Crippen LogP contribution in [0.3, 0.4) is 0 Å². The summed E-state index contributed by atoms with van der Waals surface area (Å²) in [6.45, 7) is 4.39. The van der Waals surface area contributed by atoms with Crippen LogP contribution in [-0.2, 0) is 11.4 Å². The number of halogens is 1. The third-order valence-corrected chi connectivity index (χ3v) is 5.92. The molecule has 1 amide bonds. The van der Waals surface area contributed by atoms with Gasteiger partial charge in [0.05, 0.1) is 5.57 Å². The van der Waals surface area contributed by atoms with Gasteiger partial charge in [-0.15, -0.1) is 0 Å². The molecule has 1 N–H and O–H groups in total. The van der Waals surface area contributed by atoms with Gasteiger partial charge in [-0.3, -0.25) is 10.2 Å². The molecule has 30 heavy (non-hydrogen) atoms. The Morgan fingerprint density at radius 3 is 2.73 bits per heavy atom. The van der Waals surface area contributed by atoms with Crippen LogP contribution in [0, 0.1) is 11.3 Å². The fourth-order valence-electron chi connectivity index (χ4n) is 2.89. The number of hydrogen-bond donors (Lipinski definition) is 1. The monoisotopic (exact) mass is 438 g/mol. The van der Waals surface area contributed by atoms with Crippen LogP contribution >= 0.6 is 23.4 Å². The number of rotatable bonds is 5. The SMILES string of the molecule is CC(C)C1=NN2C(=N)/C(=C/c3cc(Cl)ccc3OCc3ccccc3)C(=O)N=C2S1. The largest absolute Gasteiger partial charge is 0.488 e. The molecule has 0 saturated carbocycles. The van der Waals surface area contributed by atoms with Gasteiger partial charge in [-0.05, 0) is 41.6 Å². The minimum Gasteiger partial charge on any atom is -0.488 e. The number of nitrogens with zero attached hydrogens (tertiary/aromatic N) is 3. The molecule has 2 aromatic carbocycles. The van der Waals surface area contributed by atoms with Crippen molar-refractivity contribution in [1.29, 1.82) is 5.41 Å². The van der Waals surface area contributed by atoms with Crippen LogP contribution in [0.1, 0.15) is 25.0 Å². The molecule has 2 aromatic rings. The van der Waals surface area contributed by atoms with Crippen LogP contribution in [0.2, 0.25) is 5.02 Å². The second-order valence-corrected chi connectivity index (χ2v) is 8.49. The van der Waals surface area contributed by atoms with Gasteiger partial charge in [-0.2, -0.15) is 15.1 Å². The van der Waals surface area contributed by atoms with Gasteiger partial charge in [0.1, 0.15) is 17.4 Å². The van der Waals surface area contributed by atoms with E-state index in [-0.39, 0.29) is 17.3 Å². The molecule has 2 aliphatic heterocycles. The number of hydrogen-bond acceptors (Lipinski definition) is 5. The van der Waals surface area contributed by atoms with E-state index in [9.17, 15) is 4.79 Å². The number of hydrazone groups is 1. The number of amidine groups is 2. The summed E-state index contributed by atoms with van der Waals surface area (Å²) < 4.78 is 5.96. The summed E-state index contributed by atoms with van der Waals surface area (Å²) in [4.78, 5) is 16.8. The first-order chi connectivity index (χ1) is 14.4. The zero-order valence-corrected chi connectivity index (χ0v) is 18.0. The lowest BCUT2D eigenvalue weighted by atomic mass is 10.1. The van der Waals surface area contributed by atoms with Crippen molar-refractivity contribution in [3.8, 4) is 5.75 Å². The van der Waals surface area contributed by atoms with Crippen molar-refractivity contribution in [3.05, 3.63) is 70.3 Å². The summed E-state index contributed by atoms with van der Waals surface area (Å²) in [5.74, 6) is 0.257. The summed E-state index contributed by atoms with van der Waals surface area (Å²) in [6, 6.07) is 15.0. The maximum absolute atomic E-state index is 12.6. The van der Waals surface area contributed by atoms with Gasteiger partial charge in [0.2, 0.25) is 5.17 Å². The third kappa shape index (κ3) is 4.17. The van der Waals surface area contributed by atoms with E-state index < -0.39 is 5.91 Å². The number of benzene rings is 2. The molecule has 0 fully saturated rings. The Morgan fingerprint density at radius 2 is 2.00 bits per heavy atom. The van der Waals surface area contributed by atoms with Crippen LogP contribution in [0.5, 0.6) is 5.75 Å². The lowest BCUT2D eigenvalue weighted by Crippen LogP contribution is -2.35. The molecule has 4 rings (SSSR count). The average molecular weight is 439 g/mol. The second-order valence-electron chi connectivity index (χ2n) is 7.07. The highest BCUT2D eigenvalue weighted by Gasteiger charge is 2.36. The first-order valence-electron chi connectivity index (χ1n) is 9.39. The number of nitrogens with one attached hydrogen (secondary N) is 1. The van der Waals surface area contributed by atoms with E-state index in [1.807, 2.05) is 44.2 Å². The number of fused-ring (bicyclic) bond motifs is 1. The molecule has 0 aliphatic carbocycles. The van der Waals surface area contributed by atoms with E-state index in [4.69, 9.17) is 21.7 Å². The number of amides is 1. The summed E-state index contributed by atoms with van der Waals surface area (Å²) in [6.07, 6.45) is 1.59. The zero-order valence-electron chi connectivity index (χ0n) is 16.4. The Bertz CT molecular complexity index is 1110. The smallest absolute Gasteiger partial charge is 0.283 e. The Morgan fingerprint density at radius 1 is 1.23 bits per heavy atom. The summed E-state index contributed by atoms with van der Waals surface area (Å²) in [5.41, 5.74) is 1.76. The van der Waals surface area contributed by atoms with Gasteiger partial charge in [0, 0.05) is 16.5 Å². The van der Waals surface area contributed by atoms with E-state index in [0.29, 0.717) is 28.1 Å². The third-order valence-electron chi connectivity index (χ3n) is 4.47.